The Morgan fingerprint density at radius 1 is 1.00 bits per heavy atom. The van der Waals surface area contributed by atoms with E-state index in [1.165, 1.54) is 50.2 Å². The van der Waals surface area contributed by atoms with Crippen LogP contribution >= 0.6 is 0 Å². The molecule has 0 amide bonds. The maximum atomic E-state index is 13.7. The van der Waals surface area contributed by atoms with E-state index in [0.29, 0.717) is 11.5 Å². The van der Waals surface area contributed by atoms with Gasteiger partial charge in [-0.1, -0.05) is 25.5 Å². The summed E-state index contributed by atoms with van der Waals surface area (Å²) in [4.78, 5) is 12.4. The third-order valence-electron chi connectivity index (χ3n) is 6.83. The third kappa shape index (κ3) is 4.23. The van der Waals surface area contributed by atoms with Crippen LogP contribution in [0.25, 0.3) is 0 Å². The fourth-order valence-corrected chi connectivity index (χ4v) is 5.20. The Kier molecular flexibility index (Phi) is 5.85. The monoisotopic (exact) mass is 409 g/mol. The standard InChI is InChI=1S/C25H25F2NO2/c1-15-2-3-20-11-19(9-8-18(20)10-15)16-4-6-17(7-5-16)25(29)30-21-12-23(26)22(14-28)24(27)13-21/h4-7,12-13,15,18-20H,2-3,8-11H2,1H3. The molecule has 0 heterocycles. The van der Waals surface area contributed by atoms with Crippen molar-refractivity contribution in [3.05, 3.63) is 64.7 Å². The number of hydrogen-bond donors (Lipinski definition) is 0. The number of rotatable bonds is 3. The number of nitrogens with zero attached hydrogens (tertiary/aromatic N) is 1. The molecule has 2 aliphatic carbocycles. The fourth-order valence-electron chi connectivity index (χ4n) is 5.20. The number of nitriles is 1. The number of carbonyl (C=O) groups is 1. The summed E-state index contributed by atoms with van der Waals surface area (Å²) in [5.74, 6) is 0.000463. The second kappa shape index (κ2) is 8.55. The number of halogens is 2. The topological polar surface area (TPSA) is 50.1 Å². The Hall–Kier alpha value is -2.74. The number of hydrogen-bond acceptors (Lipinski definition) is 3. The quantitative estimate of drug-likeness (QED) is 0.437. The van der Waals surface area contributed by atoms with Crippen molar-refractivity contribution < 1.29 is 18.3 Å². The van der Waals surface area contributed by atoms with Crippen LogP contribution in [-0.2, 0) is 0 Å². The molecular formula is C25H25F2NO2. The molecule has 4 unspecified atom stereocenters. The van der Waals surface area contributed by atoms with E-state index in [1.54, 1.807) is 12.1 Å². The van der Waals surface area contributed by atoms with Crippen molar-refractivity contribution in [2.24, 2.45) is 17.8 Å². The van der Waals surface area contributed by atoms with E-state index in [2.05, 4.69) is 6.92 Å². The van der Waals surface area contributed by atoms with Gasteiger partial charge in [-0.05, 0) is 73.5 Å². The molecule has 0 bridgehead atoms. The Labute approximate surface area is 175 Å². The molecule has 0 spiro atoms. The molecule has 3 nitrogen and oxygen atoms in total. The molecule has 0 saturated heterocycles. The zero-order valence-corrected chi connectivity index (χ0v) is 17.0. The van der Waals surface area contributed by atoms with Crippen molar-refractivity contribution in [2.75, 3.05) is 0 Å². The average Bonchev–Trinajstić information content (AvgIpc) is 2.73. The minimum atomic E-state index is -1.05. The van der Waals surface area contributed by atoms with Crippen molar-refractivity contribution in [1.82, 2.24) is 0 Å². The van der Waals surface area contributed by atoms with E-state index in [0.717, 1.165) is 29.9 Å². The first-order valence-corrected chi connectivity index (χ1v) is 10.7. The Morgan fingerprint density at radius 2 is 1.63 bits per heavy atom. The Balaban J connectivity index is 1.41. The summed E-state index contributed by atoms with van der Waals surface area (Å²) < 4.78 is 32.5. The van der Waals surface area contributed by atoms with E-state index < -0.39 is 23.2 Å². The van der Waals surface area contributed by atoms with Crippen LogP contribution < -0.4 is 4.74 Å². The van der Waals surface area contributed by atoms with Gasteiger partial charge in [0.2, 0.25) is 0 Å². The zero-order valence-electron chi connectivity index (χ0n) is 17.0. The summed E-state index contributed by atoms with van der Waals surface area (Å²) in [6, 6.07) is 10.5. The molecule has 2 aromatic carbocycles. The second-order valence-corrected chi connectivity index (χ2v) is 8.83. The normalized spacial score (nSPS) is 25.8. The van der Waals surface area contributed by atoms with Crippen LogP contribution in [0, 0.1) is 40.7 Å². The Morgan fingerprint density at radius 3 is 2.30 bits per heavy atom. The van der Waals surface area contributed by atoms with Gasteiger partial charge >= 0.3 is 5.97 Å². The van der Waals surface area contributed by atoms with Gasteiger partial charge in [-0.3, -0.25) is 0 Å². The lowest BCUT2D eigenvalue weighted by Crippen LogP contribution is -2.29. The molecule has 0 N–H and O–H groups in total. The van der Waals surface area contributed by atoms with Crippen LogP contribution in [0.3, 0.4) is 0 Å². The Bertz CT molecular complexity index is 957. The summed E-state index contributed by atoms with van der Waals surface area (Å²) >= 11 is 0. The maximum absolute atomic E-state index is 13.7. The third-order valence-corrected chi connectivity index (χ3v) is 6.83. The summed E-state index contributed by atoms with van der Waals surface area (Å²) in [5, 5.41) is 8.72. The number of fused-ring (bicyclic) bond motifs is 1. The molecule has 156 valence electrons. The largest absolute Gasteiger partial charge is 0.423 e. The zero-order chi connectivity index (χ0) is 21.3. The molecule has 2 saturated carbocycles. The SMILES string of the molecule is CC1CCC2CC(c3ccc(C(=O)Oc4cc(F)c(C#N)c(F)c4)cc3)CCC2C1. The summed E-state index contributed by atoms with van der Waals surface area (Å²) in [6.07, 6.45) is 7.68. The molecule has 4 rings (SSSR count). The first-order chi connectivity index (χ1) is 14.4. The number of benzene rings is 2. The van der Waals surface area contributed by atoms with Crippen LogP contribution in [0.5, 0.6) is 5.75 Å². The van der Waals surface area contributed by atoms with Gasteiger partial charge in [0.25, 0.3) is 0 Å². The van der Waals surface area contributed by atoms with Crippen molar-refractivity contribution >= 4 is 5.97 Å². The van der Waals surface area contributed by atoms with E-state index in [9.17, 15) is 13.6 Å². The predicted molar refractivity (Wildman–Crippen MR) is 109 cm³/mol. The smallest absolute Gasteiger partial charge is 0.343 e. The van der Waals surface area contributed by atoms with Gasteiger partial charge in [0.15, 0.2) is 0 Å². The van der Waals surface area contributed by atoms with Gasteiger partial charge in [-0.25, -0.2) is 13.6 Å². The number of carbonyl (C=O) groups excluding carboxylic acids is 1. The molecule has 2 fully saturated rings. The average molecular weight is 409 g/mol. The van der Waals surface area contributed by atoms with E-state index in [4.69, 9.17) is 10.00 Å². The summed E-state index contributed by atoms with van der Waals surface area (Å²) in [7, 11) is 0. The molecule has 0 aliphatic heterocycles. The van der Waals surface area contributed by atoms with Crippen LogP contribution in [0.1, 0.15) is 72.9 Å². The lowest BCUT2D eigenvalue weighted by atomic mass is 9.64. The van der Waals surface area contributed by atoms with Gasteiger partial charge in [-0.15, -0.1) is 0 Å². The highest BCUT2D eigenvalue weighted by Crippen LogP contribution is 2.47. The predicted octanol–water partition coefficient (Wildman–Crippen LogP) is 6.38. The van der Waals surface area contributed by atoms with Gasteiger partial charge in [-0.2, -0.15) is 5.26 Å². The molecule has 30 heavy (non-hydrogen) atoms. The van der Waals surface area contributed by atoms with Gasteiger partial charge in [0.05, 0.1) is 5.56 Å². The highest BCUT2D eigenvalue weighted by Gasteiger charge is 2.34. The summed E-state index contributed by atoms with van der Waals surface area (Å²) in [5.41, 5.74) is 0.865. The second-order valence-electron chi connectivity index (χ2n) is 8.83. The van der Waals surface area contributed by atoms with Crippen molar-refractivity contribution in [2.45, 2.75) is 51.4 Å². The molecule has 5 heteroatoms. The molecule has 2 aromatic rings. The lowest BCUT2D eigenvalue weighted by Gasteiger charge is -2.41. The van der Waals surface area contributed by atoms with Crippen molar-refractivity contribution in [3.63, 3.8) is 0 Å². The van der Waals surface area contributed by atoms with Crippen LogP contribution in [-0.4, -0.2) is 5.97 Å². The van der Waals surface area contributed by atoms with Gasteiger partial charge in [0, 0.05) is 12.1 Å². The molecule has 2 aliphatic rings. The van der Waals surface area contributed by atoms with E-state index in [1.807, 2.05) is 12.1 Å². The molecular weight excluding hydrogens is 384 g/mol. The molecule has 0 aromatic heterocycles. The van der Waals surface area contributed by atoms with Gasteiger partial charge in [0.1, 0.15) is 29.0 Å². The van der Waals surface area contributed by atoms with E-state index in [-0.39, 0.29) is 5.75 Å². The fraction of sp³-hybridized carbons (Fsp3) is 0.440. The minimum absolute atomic E-state index is 0.261. The molecule has 0 radical (unpaired) electrons. The first kappa shape index (κ1) is 20.5. The highest BCUT2D eigenvalue weighted by atomic mass is 19.1. The van der Waals surface area contributed by atoms with Crippen molar-refractivity contribution in [1.29, 1.82) is 5.26 Å². The van der Waals surface area contributed by atoms with Crippen LogP contribution in [0.4, 0.5) is 8.78 Å². The molecule has 4 atom stereocenters. The maximum Gasteiger partial charge on any atom is 0.343 e. The lowest BCUT2D eigenvalue weighted by molar-refractivity contribution is 0.0734. The summed E-state index contributed by atoms with van der Waals surface area (Å²) in [6.45, 7) is 2.36. The van der Waals surface area contributed by atoms with Gasteiger partial charge < -0.3 is 4.74 Å². The highest BCUT2D eigenvalue weighted by molar-refractivity contribution is 5.91. The van der Waals surface area contributed by atoms with E-state index >= 15 is 0 Å². The van der Waals surface area contributed by atoms with Crippen molar-refractivity contribution in [3.8, 4) is 11.8 Å². The number of esters is 1. The number of ether oxygens (including phenoxy) is 1. The van der Waals surface area contributed by atoms with Crippen LogP contribution in [0.15, 0.2) is 36.4 Å². The minimum Gasteiger partial charge on any atom is -0.423 e. The van der Waals surface area contributed by atoms with Crippen LogP contribution in [0.2, 0.25) is 0 Å². The first-order valence-electron chi connectivity index (χ1n) is 10.7.